The van der Waals surface area contributed by atoms with Gasteiger partial charge in [-0.25, -0.2) is 0 Å². The van der Waals surface area contributed by atoms with Crippen LogP contribution in [0.4, 0.5) is 0 Å². The number of hydrogen-bond donors (Lipinski definition) is 2. The number of carboxylic acids is 1. The Bertz CT molecular complexity index is 283. The smallest absolute Gasteiger partial charge is 0.312 e. The molecule has 0 heterocycles. The maximum atomic E-state index is 10.5. The maximum Gasteiger partial charge on any atom is 0.312 e. The third-order valence-corrected chi connectivity index (χ3v) is 1.65. The summed E-state index contributed by atoms with van der Waals surface area (Å²) in [5, 5.41) is 32.8. The summed E-state index contributed by atoms with van der Waals surface area (Å²) in [5.41, 5.74) is -0.333. The Labute approximate surface area is 75.7 Å². The zero-order chi connectivity index (χ0) is 10.4. The number of nitriles is 2. The van der Waals surface area contributed by atoms with Gasteiger partial charge in [0.05, 0.1) is 23.8 Å². The van der Waals surface area contributed by atoms with Crippen molar-refractivity contribution in [2.75, 3.05) is 0 Å². The fourth-order valence-corrected chi connectivity index (χ4v) is 0.897. The van der Waals surface area contributed by atoms with Crippen LogP contribution in [0.1, 0.15) is 13.3 Å². The van der Waals surface area contributed by atoms with Gasteiger partial charge in [-0.2, -0.15) is 10.5 Å². The second kappa shape index (κ2) is 4.89. The predicted octanol–water partition coefficient (Wildman–Crippen LogP) is 0.780. The second-order valence-corrected chi connectivity index (χ2v) is 2.45. The SMILES string of the molecule is CCC(C(=N)C(C#N)C#N)C(=O)O. The Balaban J connectivity index is 4.68. The molecule has 0 spiro atoms. The molecule has 0 rings (SSSR count). The van der Waals surface area contributed by atoms with Crippen molar-refractivity contribution < 1.29 is 9.90 Å². The van der Waals surface area contributed by atoms with Crippen LogP contribution in [0.3, 0.4) is 0 Å². The predicted molar refractivity (Wildman–Crippen MR) is 43.9 cm³/mol. The second-order valence-electron chi connectivity index (χ2n) is 2.45. The number of rotatable bonds is 4. The van der Waals surface area contributed by atoms with Gasteiger partial charge in [-0.3, -0.25) is 4.79 Å². The van der Waals surface area contributed by atoms with Crippen molar-refractivity contribution in [3.63, 3.8) is 0 Å². The van der Waals surface area contributed by atoms with Gasteiger partial charge in [0.15, 0.2) is 5.92 Å². The summed E-state index contributed by atoms with van der Waals surface area (Å²) >= 11 is 0. The van der Waals surface area contributed by atoms with E-state index in [1.165, 1.54) is 0 Å². The molecular weight excluding hydrogens is 170 g/mol. The van der Waals surface area contributed by atoms with Crippen molar-refractivity contribution in [1.29, 1.82) is 15.9 Å². The van der Waals surface area contributed by atoms with E-state index in [0.717, 1.165) is 0 Å². The van der Waals surface area contributed by atoms with Crippen LogP contribution in [0.5, 0.6) is 0 Å². The van der Waals surface area contributed by atoms with Crippen molar-refractivity contribution >= 4 is 11.7 Å². The molecule has 0 saturated heterocycles. The van der Waals surface area contributed by atoms with Gasteiger partial charge in [0.2, 0.25) is 0 Å². The molecule has 0 amide bonds. The molecule has 0 aromatic carbocycles. The number of nitrogens with one attached hydrogen (secondary N) is 1. The summed E-state index contributed by atoms with van der Waals surface area (Å²) in [7, 11) is 0. The molecule has 1 unspecified atom stereocenters. The van der Waals surface area contributed by atoms with Crippen molar-refractivity contribution in [1.82, 2.24) is 0 Å². The lowest BCUT2D eigenvalue weighted by Gasteiger charge is -2.10. The van der Waals surface area contributed by atoms with E-state index in [9.17, 15) is 4.79 Å². The monoisotopic (exact) mass is 179 g/mol. The Hall–Kier alpha value is -1.88. The van der Waals surface area contributed by atoms with E-state index in [4.69, 9.17) is 21.0 Å². The largest absolute Gasteiger partial charge is 0.481 e. The van der Waals surface area contributed by atoms with Gasteiger partial charge in [0, 0.05) is 0 Å². The van der Waals surface area contributed by atoms with Gasteiger partial charge in [0.1, 0.15) is 0 Å². The van der Waals surface area contributed by atoms with Crippen LogP contribution in [-0.4, -0.2) is 16.8 Å². The third kappa shape index (κ3) is 2.57. The fourth-order valence-electron chi connectivity index (χ4n) is 0.897. The van der Waals surface area contributed by atoms with Gasteiger partial charge in [-0.05, 0) is 6.42 Å². The highest BCUT2D eigenvalue weighted by atomic mass is 16.4. The van der Waals surface area contributed by atoms with E-state index in [-0.39, 0.29) is 12.1 Å². The molecule has 0 aliphatic carbocycles. The van der Waals surface area contributed by atoms with Crippen molar-refractivity contribution in [2.24, 2.45) is 11.8 Å². The molecule has 0 radical (unpaired) electrons. The summed E-state index contributed by atoms with van der Waals surface area (Å²) in [6.45, 7) is 1.60. The lowest BCUT2D eigenvalue weighted by molar-refractivity contribution is -0.139. The van der Waals surface area contributed by atoms with Gasteiger partial charge in [-0.15, -0.1) is 0 Å². The van der Waals surface area contributed by atoms with Crippen molar-refractivity contribution in [2.45, 2.75) is 13.3 Å². The van der Waals surface area contributed by atoms with Crippen LogP contribution in [0.2, 0.25) is 0 Å². The van der Waals surface area contributed by atoms with E-state index in [1.807, 2.05) is 0 Å². The van der Waals surface area contributed by atoms with E-state index in [2.05, 4.69) is 0 Å². The topological polar surface area (TPSA) is 109 Å². The molecule has 1 atom stereocenters. The summed E-state index contributed by atoms with van der Waals surface area (Å²) in [6, 6.07) is 3.14. The summed E-state index contributed by atoms with van der Waals surface area (Å²) in [4.78, 5) is 10.5. The van der Waals surface area contributed by atoms with Crippen LogP contribution >= 0.6 is 0 Å². The lowest BCUT2D eigenvalue weighted by Crippen LogP contribution is -2.27. The molecule has 5 heteroatoms. The quantitative estimate of drug-likeness (QED) is 0.621. The molecule has 0 aromatic heterocycles. The number of carboxylic acid groups (broad SMARTS) is 1. The average Bonchev–Trinajstić information content (AvgIpc) is 2.07. The molecule has 0 aliphatic rings. The van der Waals surface area contributed by atoms with E-state index in [1.54, 1.807) is 19.1 Å². The van der Waals surface area contributed by atoms with Gasteiger partial charge in [-0.1, -0.05) is 6.92 Å². The summed E-state index contributed by atoms with van der Waals surface area (Å²) < 4.78 is 0. The van der Waals surface area contributed by atoms with Crippen molar-refractivity contribution in [3.05, 3.63) is 0 Å². The van der Waals surface area contributed by atoms with E-state index in [0.29, 0.717) is 0 Å². The van der Waals surface area contributed by atoms with Crippen LogP contribution < -0.4 is 0 Å². The Morgan fingerprint density at radius 3 is 2.23 bits per heavy atom. The minimum absolute atomic E-state index is 0.216. The third-order valence-electron chi connectivity index (χ3n) is 1.65. The first kappa shape index (κ1) is 11.1. The van der Waals surface area contributed by atoms with Gasteiger partial charge >= 0.3 is 5.97 Å². The van der Waals surface area contributed by atoms with Crippen LogP contribution in [0.25, 0.3) is 0 Å². The Morgan fingerprint density at radius 2 is 2.00 bits per heavy atom. The minimum Gasteiger partial charge on any atom is -0.481 e. The molecule has 68 valence electrons. The number of carbonyl (C=O) groups is 1. The molecule has 2 N–H and O–H groups in total. The molecular formula is C8H9N3O2. The Kier molecular flexibility index (Phi) is 4.18. The Morgan fingerprint density at radius 1 is 1.54 bits per heavy atom. The lowest BCUT2D eigenvalue weighted by atomic mass is 9.92. The number of hydrogen-bond acceptors (Lipinski definition) is 4. The molecule has 5 nitrogen and oxygen atoms in total. The highest BCUT2D eigenvalue weighted by Gasteiger charge is 2.27. The number of aliphatic carboxylic acids is 1. The number of nitrogens with zero attached hydrogens (tertiary/aromatic N) is 2. The molecule has 0 aliphatic heterocycles. The van der Waals surface area contributed by atoms with E-state index < -0.39 is 17.8 Å². The molecule has 0 bridgehead atoms. The average molecular weight is 179 g/mol. The highest BCUT2D eigenvalue weighted by molar-refractivity contribution is 6.03. The zero-order valence-corrected chi connectivity index (χ0v) is 7.11. The fraction of sp³-hybridized carbons (Fsp3) is 0.500. The first-order chi connectivity index (χ1) is 6.08. The zero-order valence-electron chi connectivity index (χ0n) is 7.11. The maximum absolute atomic E-state index is 10.5. The minimum atomic E-state index is -1.25. The standard InChI is InChI=1S/C8H9N3O2/c1-2-6(8(12)13)7(11)5(3-9)4-10/h5-6,11H,2H2,1H3,(H,12,13). The van der Waals surface area contributed by atoms with E-state index >= 15 is 0 Å². The van der Waals surface area contributed by atoms with Gasteiger partial charge in [0.25, 0.3) is 0 Å². The van der Waals surface area contributed by atoms with Crippen LogP contribution in [0, 0.1) is 39.9 Å². The first-order valence-corrected chi connectivity index (χ1v) is 3.68. The molecule has 0 aromatic rings. The summed E-state index contributed by atoms with van der Waals surface area (Å²) in [6.07, 6.45) is 0.216. The normalized spacial score (nSPS) is 11.4. The molecule has 0 saturated carbocycles. The first-order valence-electron chi connectivity index (χ1n) is 3.68. The van der Waals surface area contributed by atoms with Crippen LogP contribution in [0.15, 0.2) is 0 Å². The van der Waals surface area contributed by atoms with Crippen molar-refractivity contribution in [3.8, 4) is 12.1 Å². The molecule has 13 heavy (non-hydrogen) atoms. The molecule has 0 fully saturated rings. The highest BCUT2D eigenvalue weighted by Crippen LogP contribution is 2.11. The summed E-state index contributed by atoms with van der Waals surface area (Å²) in [5.74, 6) is -3.44. The van der Waals surface area contributed by atoms with Crippen LogP contribution in [-0.2, 0) is 4.79 Å². The van der Waals surface area contributed by atoms with Gasteiger partial charge < -0.3 is 10.5 Å².